The fraction of sp³-hybridized carbons (Fsp3) is 0.733. The van der Waals surface area contributed by atoms with E-state index < -0.39 is 0 Å². The molecule has 0 aliphatic carbocycles. The number of hydrogen-bond donors (Lipinski definition) is 3. The summed E-state index contributed by atoms with van der Waals surface area (Å²) in [5.41, 5.74) is 0.429. The van der Waals surface area contributed by atoms with E-state index in [1.165, 1.54) is 0 Å². The Morgan fingerprint density at radius 2 is 2.12 bits per heavy atom. The lowest BCUT2D eigenvalue weighted by molar-refractivity contribution is -0.122. The van der Waals surface area contributed by atoms with Crippen LogP contribution in [0.2, 0.25) is 0 Å². The lowest BCUT2D eigenvalue weighted by atomic mass is 10.1. The average Bonchev–Trinajstić information content (AvgIpc) is 3.13. The van der Waals surface area contributed by atoms with Crippen LogP contribution in [0.1, 0.15) is 38.9 Å². The van der Waals surface area contributed by atoms with Gasteiger partial charge in [0.1, 0.15) is 5.69 Å². The molecular weight excluding hydrogens is 346 g/mol. The van der Waals surface area contributed by atoms with E-state index in [-0.39, 0.29) is 42.0 Å². The molecule has 9 nitrogen and oxygen atoms in total. The predicted octanol–water partition coefficient (Wildman–Crippen LogP) is 0.289. The second-order valence-electron chi connectivity index (χ2n) is 7.19. The van der Waals surface area contributed by atoms with Crippen LogP contribution in [0, 0.1) is 0 Å². The highest BCUT2D eigenvalue weighted by molar-refractivity contribution is 5.85. The molecule has 2 rings (SSSR count). The van der Waals surface area contributed by atoms with Crippen LogP contribution in [0.15, 0.2) is 6.20 Å². The van der Waals surface area contributed by atoms with Crippen molar-refractivity contribution in [1.82, 2.24) is 35.8 Å². The van der Waals surface area contributed by atoms with E-state index in [2.05, 4.69) is 26.3 Å². The van der Waals surface area contributed by atoms with E-state index >= 15 is 0 Å². The molecule has 25 heavy (non-hydrogen) atoms. The largest absolute Gasteiger partial charge is 0.358 e. The molecule has 1 fully saturated rings. The van der Waals surface area contributed by atoms with Crippen LogP contribution >= 0.6 is 12.4 Å². The smallest absolute Gasteiger partial charge is 0.317 e. The number of rotatable bonds is 4. The SMILES string of the molecule is CNC(=O)[C@@H]1C[C@@H](n2cc(CN(C)C(=O)NC(C)(C)C)nn2)CN1.Cl. The highest BCUT2D eigenvalue weighted by Gasteiger charge is 2.30. The number of amides is 3. The van der Waals surface area contributed by atoms with Gasteiger partial charge in [-0.1, -0.05) is 5.21 Å². The van der Waals surface area contributed by atoms with Crippen molar-refractivity contribution in [2.75, 3.05) is 20.6 Å². The number of nitrogens with zero attached hydrogens (tertiary/aromatic N) is 4. The Labute approximate surface area is 154 Å². The Balaban J connectivity index is 0.00000312. The third kappa shape index (κ3) is 5.86. The van der Waals surface area contributed by atoms with Crippen molar-refractivity contribution in [3.8, 4) is 0 Å². The zero-order chi connectivity index (χ0) is 17.9. The summed E-state index contributed by atoms with van der Waals surface area (Å²) >= 11 is 0. The van der Waals surface area contributed by atoms with Crippen molar-refractivity contribution in [2.45, 2.75) is 51.4 Å². The minimum atomic E-state index is -0.284. The highest BCUT2D eigenvalue weighted by atomic mass is 35.5. The molecule has 1 aliphatic rings. The Hall–Kier alpha value is -1.87. The first-order valence-electron chi connectivity index (χ1n) is 8.08. The molecule has 1 saturated heterocycles. The van der Waals surface area contributed by atoms with Gasteiger partial charge in [-0.2, -0.15) is 0 Å². The molecule has 10 heteroatoms. The van der Waals surface area contributed by atoms with Gasteiger partial charge in [0.25, 0.3) is 0 Å². The van der Waals surface area contributed by atoms with Gasteiger partial charge in [-0.3, -0.25) is 4.79 Å². The summed E-state index contributed by atoms with van der Waals surface area (Å²) in [6.45, 7) is 6.85. The molecule has 0 aromatic carbocycles. The lowest BCUT2D eigenvalue weighted by Gasteiger charge is -2.25. The number of aromatic nitrogens is 3. The van der Waals surface area contributed by atoms with E-state index in [0.717, 1.165) is 0 Å². The van der Waals surface area contributed by atoms with Gasteiger partial charge < -0.3 is 20.9 Å². The van der Waals surface area contributed by atoms with Gasteiger partial charge >= 0.3 is 6.03 Å². The fourth-order valence-electron chi connectivity index (χ4n) is 2.59. The van der Waals surface area contributed by atoms with Crippen LogP contribution in [0.3, 0.4) is 0 Å². The van der Waals surface area contributed by atoms with Crippen molar-refractivity contribution >= 4 is 24.3 Å². The maximum absolute atomic E-state index is 12.1. The molecular formula is C15H28ClN7O2. The number of urea groups is 1. The molecule has 1 aromatic rings. The van der Waals surface area contributed by atoms with E-state index in [0.29, 0.717) is 25.2 Å². The molecule has 0 bridgehead atoms. The molecule has 3 N–H and O–H groups in total. The Kier molecular flexibility index (Phi) is 7.18. The van der Waals surface area contributed by atoms with Crippen molar-refractivity contribution in [3.63, 3.8) is 0 Å². The van der Waals surface area contributed by atoms with Crippen molar-refractivity contribution < 1.29 is 9.59 Å². The molecule has 0 saturated carbocycles. The molecule has 0 unspecified atom stereocenters. The highest BCUT2D eigenvalue weighted by Crippen LogP contribution is 2.19. The number of carbonyl (C=O) groups is 2. The van der Waals surface area contributed by atoms with Crippen LogP contribution in [0.5, 0.6) is 0 Å². The minimum Gasteiger partial charge on any atom is -0.358 e. The molecule has 2 heterocycles. The van der Waals surface area contributed by atoms with Crippen molar-refractivity contribution in [1.29, 1.82) is 0 Å². The van der Waals surface area contributed by atoms with Crippen LogP contribution in [0.25, 0.3) is 0 Å². The molecule has 0 spiro atoms. The fourth-order valence-corrected chi connectivity index (χ4v) is 2.59. The first-order valence-corrected chi connectivity index (χ1v) is 8.08. The molecule has 3 amide bonds. The summed E-state index contributed by atoms with van der Waals surface area (Å²) in [5.74, 6) is -0.0172. The summed E-state index contributed by atoms with van der Waals surface area (Å²) in [5, 5.41) is 17.0. The number of halogens is 1. The second kappa shape index (κ2) is 8.48. The van der Waals surface area contributed by atoms with Gasteiger partial charge in [0, 0.05) is 26.2 Å². The summed E-state index contributed by atoms with van der Waals surface area (Å²) < 4.78 is 1.76. The summed E-state index contributed by atoms with van der Waals surface area (Å²) in [4.78, 5) is 25.3. The third-order valence-corrected chi connectivity index (χ3v) is 3.83. The third-order valence-electron chi connectivity index (χ3n) is 3.83. The van der Waals surface area contributed by atoms with Crippen LogP contribution < -0.4 is 16.0 Å². The van der Waals surface area contributed by atoms with E-state index in [1.54, 1.807) is 23.7 Å². The predicted molar refractivity (Wildman–Crippen MR) is 96.5 cm³/mol. The molecule has 0 radical (unpaired) electrons. The zero-order valence-electron chi connectivity index (χ0n) is 15.4. The monoisotopic (exact) mass is 373 g/mol. The van der Waals surface area contributed by atoms with Crippen LogP contribution in [-0.4, -0.2) is 64.1 Å². The summed E-state index contributed by atoms with van der Waals surface area (Å²) in [6.07, 6.45) is 2.50. The lowest BCUT2D eigenvalue weighted by Crippen LogP contribution is -2.46. The summed E-state index contributed by atoms with van der Waals surface area (Å²) in [7, 11) is 3.35. The van der Waals surface area contributed by atoms with Gasteiger partial charge in [0.05, 0.1) is 24.8 Å². The maximum Gasteiger partial charge on any atom is 0.317 e. The topological polar surface area (TPSA) is 104 Å². The maximum atomic E-state index is 12.1. The Bertz CT molecular complexity index is 599. The van der Waals surface area contributed by atoms with Crippen molar-refractivity contribution in [3.05, 3.63) is 11.9 Å². The van der Waals surface area contributed by atoms with E-state index in [9.17, 15) is 9.59 Å². The molecule has 2 atom stereocenters. The zero-order valence-corrected chi connectivity index (χ0v) is 16.2. The Morgan fingerprint density at radius 1 is 1.44 bits per heavy atom. The number of likely N-dealkylation sites (N-methyl/N-ethyl adjacent to an activating group) is 1. The number of nitrogens with one attached hydrogen (secondary N) is 3. The first kappa shape index (κ1) is 21.2. The van der Waals surface area contributed by atoms with Crippen LogP contribution in [-0.2, 0) is 11.3 Å². The van der Waals surface area contributed by atoms with Gasteiger partial charge in [-0.05, 0) is 27.2 Å². The molecule has 1 aliphatic heterocycles. The number of hydrogen-bond acceptors (Lipinski definition) is 5. The quantitative estimate of drug-likeness (QED) is 0.703. The van der Waals surface area contributed by atoms with Gasteiger partial charge in [-0.25, -0.2) is 9.48 Å². The molecule has 142 valence electrons. The average molecular weight is 374 g/mol. The van der Waals surface area contributed by atoms with Crippen LogP contribution in [0.4, 0.5) is 4.79 Å². The molecule has 1 aromatic heterocycles. The number of carbonyl (C=O) groups excluding carboxylic acids is 2. The van der Waals surface area contributed by atoms with Gasteiger partial charge in [0.15, 0.2) is 0 Å². The second-order valence-corrected chi connectivity index (χ2v) is 7.19. The van der Waals surface area contributed by atoms with Crippen molar-refractivity contribution in [2.24, 2.45) is 0 Å². The standard InChI is InChI=1S/C15H27N7O2.ClH/c1-15(2,3)18-14(24)21(5)8-10-9-22(20-19-10)11-6-12(17-7-11)13(23)16-4;/h9,11-12,17H,6-8H2,1-5H3,(H,16,23)(H,18,24);1H/t11-,12+;/m1./s1. The van der Waals surface area contributed by atoms with Gasteiger partial charge in [0.2, 0.25) is 5.91 Å². The normalized spacial score (nSPS) is 19.9. The Morgan fingerprint density at radius 3 is 2.72 bits per heavy atom. The van der Waals surface area contributed by atoms with E-state index in [4.69, 9.17) is 0 Å². The summed E-state index contributed by atoms with van der Waals surface area (Å²) in [6, 6.07) is -0.269. The first-order chi connectivity index (χ1) is 11.2. The van der Waals surface area contributed by atoms with Gasteiger partial charge in [-0.15, -0.1) is 17.5 Å². The van der Waals surface area contributed by atoms with E-state index in [1.807, 2.05) is 27.0 Å². The minimum absolute atomic E-state index is 0.